The monoisotopic (exact) mass is 400 g/mol. The third kappa shape index (κ3) is 7.06. The van der Waals surface area contributed by atoms with Crippen LogP contribution in [0.4, 0.5) is 4.79 Å². The lowest BCUT2D eigenvalue weighted by molar-refractivity contribution is -0.0630. The van der Waals surface area contributed by atoms with Crippen LogP contribution in [0.5, 0.6) is 0 Å². The molecule has 1 aliphatic rings. The fourth-order valence-corrected chi connectivity index (χ4v) is 3.30. The van der Waals surface area contributed by atoms with Gasteiger partial charge in [0.15, 0.2) is 0 Å². The van der Waals surface area contributed by atoms with Gasteiger partial charge in [0.05, 0.1) is 18.7 Å². The summed E-state index contributed by atoms with van der Waals surface area (Å²) in [4.78, 5) is 14.7. The van der Waals surface area contributed by atoms with Crippen LogP contribution in [0.3, 0.4) is 0 Å². The molecule has 2 atom stereocenters. The van der Waals surface area contributed by atoms with E-state index in [0.717, 1.165) is 19.3 Å². The van der Waals surface area contributed by atoms with Crippen LogP contribution in [0.25, 0.3) is 0 Å². The van der Waals surface area contributed by atoms with Gasteiger partial charge in [-0.15, -0.1) is 5.92 Å². The molecule has 0 saturated carbocycles. The second-order valence-corrected chi connectivity index (χ2v) is 8.94. The maximum Gasteiger partial charge on any atom is 0.412 e. The van der Waals surface area contributed by atoms with Gasteiger partial charge in [0.2, 0.25) is 0 Å². The second kappa shape index (κ2) is 10.1. The van der Waals surface area contributed by atoms with E-state index >= 15 is 0 Å². The van der Waals surface area contributed by atoms with E-state index in [0.29, 0.717) is 13.2 Å². The number of nitrogens with one attached hydrogen (secondary N) is 1. The van der Waals surface area contributed by atoms with Crippen LogP contribution in [-0.4, -0.2) is 41.0 Å². The quantitative estimate of drug-likeness (QED) is 0.555. The molecule has 0 radical (unpaired) electrons. The molecule has 1 aliphatic heterocycles. The third-order valence-corrected chi connectivity index (χ3v) is 4.78. The summed E-state index contributed by atoms with van der Waals surface area (Å²) in [6, 6.07) is 9.77. The Hall–Kier alpha value is -2.03. The van der Waals surface area contributed by atoms with E-state index in [9.17, 15) is 4.79 Å². The number of carbonyl (C=O) groups is 1. The van der Waals surface area contributed by atoms with Crippen LogP contribution in [0.1, 0.15) is 66.4 Å². The lowest BCUT2D eigenvalue weighted by Crippen LogP contribution is -2.55. The first kappa shape index (κ1) is 23.3. The van der Waals surface area contributed by atoms with Crippen molar-refractivity contribution in [3.8, 4) is 11.8 Å². The maximum atomic E-state index is 13.0. The van der Waals surface area contributed by atoms with Crippen LogP contribution in [0.15, 0.2) is 30.3 Å². The number of ether oxygens (including phenoxy) is 2. The first-order chi connectivity index (χ1) is 13.6. The highest BCUT2D eigenvalue weighted by molar-refractivity contribution is 5.70. The van der Waals surface area contributed by atoms with E-state index in [4.69, 9.17) is 9.47 Å². The van der Waals surface area contributed by atoms with Crippen LogP contribution < -0.4 is 5.32 Å². The highest BCUT2D eigenvalue weighted by Crippen LogP contribution is 2.31. The number of carbonyl (C=O) groups excluding carboxylic acids is 1. The zero-order valence-corrected chi connectivity index (χ0v) is 18.7. The molecule has 1 amide bonds. The number of rotatable bonds is 6. The number of amides is 1. The van der Waals surface area contributed by atoms with Crippen molar-refractivity contribution in [1.82, 2.24) is 10.2 Å². The van der Waals surface area contributed by atoms with Crippen LogP contribution in [0, 0.1) is 11.8 Å². The SMILES string of the molecule is CCCCC#C[C@H](NCc1ccccc1)[C@@H]1COC(C)(C)N1C(=O)OC(C)(C)C. The van der Waals surface area contributed by atoms with Gasteiger partial charge in [0, 0.05) is 13.0 Å². The van der Waals surface area contributed by atoms with Gasteiger partial charge >= 0.3 is 6.09 Å². The molecule has 160 valence electrons. The first-order valence-electron chi connectivity index (χ1n) is 10.6. The third-order valence-electron chi connectivity index (χ3n) is 4.78. The number of nitrogens with zero attached hydrogens (tertiary/aromatic N) is 1. The van der Waals surface area contributed by atoms with E-state index < -0.39 is 11.3 Å². The lowest BCUT2D eigenvalue weighted by atomic mass is 10.1. The second-order valence-electron chi connectivity index (χ2n) is 8.94. The van der Waals surface area contributed by atoms with Crippen LogP contribution >= 0.6 is 0 Å². The summed E-state index contributed by atoms with van der Waals surface area (Å²) in [5.41, 5.74) is -0.139. The molecule has 5 heteroatoms. The molecule has 2 rings (SSSR count). The van der Waals surface area contributed by atoms with E-state index in [2.05, 4.69) is 36.2 Å². The van der Waals surface area contributed by atoms with Crippen molar-refractivity contribution in [1.29, 1.82) is 0 Å². The molecule has 1 aromatic carbocycles. The molecule has 0 spiro atoms. The van der Waals surface area contributed by atoms with Crippen molar-refractivity contribution < 1.29 is 14.3 Å². The molecule has 0 bridgehead atoms. The summed E-state index contributed by atoms with van der Waals surface area (Å²) in [7, 11) is 0. The minimum Gasteiger partial charge on any atom is -0.444 e. The highest BCUT2D eigenvalue weighted by Gasteiger charge is 2.48. The average molecular weight is 401 g/mol. The van der Waals surface area contributed by atoms with E-state index in [1.165, 1.54) is 5.56 Å². The van der Waals surface area contributed by atoms with Gasteiger partial charge in [0.1, 0.15) is 11.3 Å². The zero-order chi connectivity index (χ0) is 21.5. The number of hydrogen-bond donors (Lipinski definition) is 1. The van der Waals surface area contributed by atoms with Gasteiger partial charge in [-0.25, -0.2) is 4.79 Å². The molecular weight excluding hydrogens is 364 g/mol. The van der Waals surface area contributed by atoms with E-state index in [1.54, 1.807) is 4.90 Å². The van der Waals surface area contributed by atoms with Crippen molar-refractivity contribution in [3.63, 3.8) is 0 Å². The van der Waals surface area contributed by atoms with Gasteiger partial charge in [-0.3, -0.25) is 10.2 Å². The van der Waals surface area contributed by atoms with Crippen molar-refractivity contribution in [2.75, 3.05) is 6.61 Å². The summed E-state index contributed by atoms with van der Waals surface area (Å²) < 4.78 is 11.7. The van der Waals surface area contributed by atoms with Crippen molar-refractivity contribution >= 4 is 6.09 Å². The van der Waals surface area contributed by atoms with Crippen molar-refractivity contribution in [2.45, 2.75) is 90.8 Å². The minimum atomic E-state index is -0.745. The number of hydrogen-bond acceptors (Lipinski definition) is 4. The Labute approximate surface area is 176 Å². The molecule has 1 fully saturated rings. The topological polar surface area (TPSA) is 50.8 Å². The summed E-state index contributed by atoms with van der Waals surface area (Å²) >= 11 is 0. The fraction of sp³-hybridized carbons (Fsp3) is 0.625. The molecule has 1 aromatic rings. The lowest BCUT2D eigenvalue weighted by Gasteiger charge is -2.36. The largest absolute Gasteiger partial charge is 0.444 e. The summed E-state index contributed by atoms with van der Waals surface area (Å²) in [5, 5.41) is 3.54. The van der Waals surface area contributed by atoms with E-state index in [-0.39, 0.29) is 18.2 Å². The van der Waals surface area contributed by atoms with Gasteiger partial charge in [0.25, 0.3) is 0 Å². The minimum absolute atomic E-state index is 0.207. The molecule has 1 heterocycles. The predicted molar refractivity (Wildman–Crippen MR) is 116 cm³/mol. The Balaban J connectivity index is 2.22. The van der Waals surface area contributed by atoms with Gasteiger partial charge in [-0.2, -0.15) is 0 Å². The molecule has 0 aliphatic carbocycles. The standard InChI is InChI=1S/C24H36N2O3/c1-7-8-9-13-16-20(25-17-19-14-11-10-12-15-19)21-18-28-24(5,6)26(21)22(27)29-23(2,3)4/h10-12,14-15,20-21,25H,7-9,17-18H2,1-6H3/t20-,21-/m0/s1. The number of unbranched alkanes of at least 4 members (excludes halogenated alkanes) is 2. The summed E-state index contributed by atoms with van der Waals surface area (Å²) in [5.74, 6) is 6.65. The predicted octanol–water partition coefficient (Wildman–Crippen LogP) is 4.71. The smallest absolute Gasteiger partial charge is 0.412 e. The molecular formula is C24H36N2O3. The molecule has 5 nitrogen and oxygen atoms in total. The highest BCUT2D eigenvalue weighted by atomic mass is 16.6. The molecule has 1 N–H and O–H groups in total. The molecule has 0 unspecified atom stereocenters. The normalized spacial score (nSPS) is 19.4. The van der Waals surface area contributed by atoms with E-state index in [1.807, 2.05) is 52.8 Å². The first-order valence-corrected chi connectivity index (χ1v) is 10.6. The Morgan fingerprint density at radius 3 is 2.66 bits per heavy atom. The van der Waals surface area contributed by atoms with Gasteiger partial charge in [-0.05, 0) is 46.6 Å². The Bertz CT molecular complexity index is 713. The van der Waals surface area contributed by atoms with Crippen molar-refractivity contribution in [2.24, 2.45) is 0 Å². The molecule has 29 heavy (non-hydrogen) atoms. The molecule has 0 aromatic heterocycles. The van der Waals surface area contributed by atoms with Crippen LogP contribution in [-0.2, 0) is 16.0 Å². The molecule has 1 saturated heterocycles. The number of benzene rings is 1. The Morgan fingerprint density at radius 1 is 1.34 bits per heavy atom. The van der Waals surface area contributed by atoms with Gasteiger partial charge in [-0.1, -0.05) is 49.6 Å². The average Bonchev–Trinajstić information content (AvgIpc) is 2.95. The summed E-state index contributed by atoms with van der Waals surface area (Å²) in [6.45, 7) is 12.7. The Kier molecular flexibility index (Phi) is 8.13. The fourth-order valence-electron chi connectivity index (χ4n) is 3.30. The zero-order valence-electron chi connectivity index (χ0n) is 18.7. The Morgan fingerprint density at radius 2 is 2.03 bits per heavy atom. The van der Waals surface area contributed by atoms with Crippen molar-refractivity contribution in [3.05, 3.63) is 35.9 Å². The maximum absolute atomic E-state index is 13.0. The van der Waals surface area contributed by atoms with Gasteiger partial charge < -0.3 is 9.47 Å². The van der Waals surface area contributed by atoms with Crippen LogP contribution in [0.2, 0.25) is 0 Å². The summed E-state index contributed by atoms with van der Waals surface area (Å²) in [6.07, 6.45) is 2.66.